The number of fused-ring (bicyclic) bond motifs is 1. The van der Waals surface area contributed by atoms with Crippen molar-refractivity contribution in [1.29, 1.82) is 0 Å². The first-order chi connectivity index (χ1) is 6.81. The van der Waals surface area contributed by atoms with Crippen molar-refractivity contribution in [1.82, 2.24) is 0 Å². The predicted octanol–water partition coefficient (Wildman–Crippen LogP) is 2.82. The van der Waals surface area contributed by atoms with Gasteiger partial charge in [-0.15, -0.1) is 0 Å². The number of carbonyl (C=O) groups is 1. The molecule has 1 aliphatic heterocycles. The quantitative estimate of drug-likeness (QED) is 0.714. The van der Waals surface area contributed by atoms with Crippen LogP contribution in [0.3, 0.4) is 0 Å². The van der Waals surface area contributed by atoms with Gasteiger partial charge in [-0.05, 0) is 23.6 Å². The first-order valence-electron chi connectivity index (χ1n) is 4.64. The van der Waals surface area contributed by atoms with Crippen molar-refractivity contribution in [2.75, 3.05) is 5.94 Å². The maximum absolute atomic E-state index is 10.4. The second-order valence-electron chi connectivity index (χ2n) is 3.42. The average Bonchev–Trinajstić information content (AvgIpc) is 2.64. The molecule has 14 heavy (non-hydrogen) atoms. The van der Waals surface area contributed by atoms with Crippen LogP contribution in [0.2, 0.25) is 0 Å². The van der Waals surface area contributed by atoms with Gasteiger partial charge in [-0.25, -0.2) is 0 Å². The van der Waals surface area contributed by atoms with Crippen LogP contribution in [0.5, 0.6) is 5.75 Å². The molecule has 1 unspecified atom stereocenters. The van der Waals surface area contributed by atoms with E-state index in [1.165, 1.54) is 10.5 Å². The molecule has 2 nitrogen and oxygen atoms in total. The second-order valence-corrected chi connectivity index (χ2v) is 4.38. The Bertz CT molecular complexity index is 349. The Balaban J connectivity index is 2.23. The van der Waals surface area contributed by atoms with Gasteiger partial charge in [0.1, 0.15) is 18.0 Å². The SMILES string of the molecule is CC(CC=O)c1ccc2c(c1)OCS2. The Morgan fingerprint density at radius 2 is 2.50 bits per heavy atom. The van der Waals surface area contributed by atoms with Crippen LogP contribution in [0.4, 0.5) is 0 Å². The highest BCUT2D eigenvalue weighted by Crippen LogP contribution is 2.38. The fourth-order valence-corrected chi connectivity index (χ4v) is 2.24. The number of aldehydes is 1. The van der Waals surface area contributed by atoms with Gasteiger partial charge in [0.05, 0.1) is 4.90 Å². The third-order valence-electron chi connectivity index (χ3n) is 2.42. The monoisotopic (exact) mass is 208 g/mol. The van der Waals surface area contributed by atoms with Crippen LogP contribution in [-0.4, -0.2) is 12.2 Å². The fraction of sp³-hybridized carbons (Fsp3) is 0.364. The van der Waals surface area contributed by atoms with Crippen LogP contribution in [0, 0.1) is 0 Å². The molecule has 0 bridgehead atoms. The standard InChI is InChI=1S/C11H12O2S/c1-8(4-5-12)9-2-3-11-10(6-9)13-7-14-11/h2-3,5-6,8H,4,7H2,1H3. The Hall–Kier alpha value is -0.960. The molecule has 0 fully saturated rings. The zero-order chi connectivity index (χ0) is 9.97. The van der Waals surface area contributed by atoms with E-state index < -0.39 is 0 Å². The first-order valence-corrected chi connectivity index (χ1v) is 5.63. The smallest absolute Gasteiger partial charge is 0.138 e. The zero-order valence-corrected chi connectivity index (χ0v) is 8.84. The van der Waals surface area contributed by atoms with Crippen molar-refractivity contribution in [2.45, 2.75) is 24.2 Å². The molecule has 0 spiro atoms. The summed E-state index contributed by atoms with van der Waals surface area (Å²) >= 11 is 1.71. The van der Waals surface area contributed by atoms with E-state index in [-0.39, 0.29) is 5.92 Å². The van der Waals surface area contributed by atoms with Crippen molar-refractivity contribution in [3.63, 3.8) is 0 Å². The number of thioether (sulfide) groups is 1. The Kier molecular flexibility index (Phi) is 2.77. The van der Waals surface area contributed by atoms with E-state index in [1.807, 2.05) is 6.07 Å². The molecule has 2 rings (SSSR count). The molecular weight excluding hydrogens is 196 g/mol. The van der Waals surface area contributed by atoms with Crippen LogP contribution in [0.25, 0.3) is 0 Å². The van der Waals surface area contributed by atoms with E-state index in [2.05, 4.69) is 19.1 Å². The summed E-state index contributed by atoms with van der Waals surface area (Å²) < 4.78 is 5.44. The third kappa shape index (κ3) is 1.77. The molecule has 1 aromatic carbocycles. The topological polar surface area (TPSA) is 26.3 Å². The molecule has 74 valence electrons. The van der Waals surface area contributed by atoms with Crippen LogP contribution in [0.15, 0.2) is 23.1 Å². The Labute approximate surface area is 87.6 Å². The molecule has 0 saturated heterocycles. The van der Waals surface area contributed by atoms with Gasteiger partial charge in [-0.2, -0.15) is 0 Å². The van der Waals surface area contributed by atoms with Crippen LogP contribution < -0.4 is 4.74 Å². The average molecular weight is 208 g/mol. The van der Waals surface area contributed by atoms with Crippen LogP contribution >= 0.6 is 11.8 Å². The summed E-state index contributed by atoms with van der Waals surface area (Å²) in [5.41, 5.74) is 1.18. The van der Waals surface area contributed by atoms with E-state index in [0.717, 1.165) is 12.0 Å². The van der Waals surface area contributed by atoms with Crippen molar-refractivity contribution in [3.05, 3.63) is 23.8 Å². The first kappa shape index (κ1) is 9.59. The minimum absolute atomic E-state index is 0.284. The lowest BCUT2D eigenvalue weighted by Crippen LogP contribution is -1.94. The molecule has 1 aliphatic rings. The van der Waals surface area contributed by atoms with Gasteiger partial charge in [-0.1, -0.05) is 24.8 Å². The van der Waals surface area contributed by atoms with Gasteiger partial charge in [0.2, 0.25) is 0 Å². The summed E-state index contributed by atoms with van der Waals surface area (Å²) in [5.74, 6) is 1.96. The van der Waals surface area contributed by atoms with Gasteiger partial charge in [0, 0.05) is 6.42 Å². The second kappa shape index (κ2) is 4.05. The van der Waals surface area contributed by atoms with E-state index in [0.29, 0.717) is 12.4 Å². The summed E-state index contributed by atoms with van der Waals surface area (Å²) in [4.78, 5) is 11.6. The molecule has 0 N–H and O–H groups in total. The normalized spacial score (nSPS) is 15.8. The summed E-state index contributed by atoms with van der Waals surface area (Å²) in [6.07, 6.45) is 1.54. The number of rotatable bonds is 3. The minimum Gasteiger partial charge on any atom is -0.481 e. The third-order valence-corrected chi connectivity index (χ3v) is 3.30. The molecule has 3 heteroatoms. The highest BCUT2D eigenvalue weighted by molar-refractivity contribution is 7.99. The van der Waals surface area contributed by atoms with E-state index >= 15 is 0 Å². The largest absolute Gasteiger partial charge is 0.481 e. The molecule has 1 aromatic rings. The van der Waals surface area contributed by atoms with Crippen molar-refractivity contribution in [3.8, 4) is 5.75 Å². The lowest BCUT2D eigenvalue weighted by Gasteiger charge is -2.09. The molecule has 0 aromatic heterocycles. The van der Waals surface area contributed by atoms with Gasteiger partial charge in [0.25, 0.3) is 0 Å². The van der Waals surface area contributed by atoms with Gasteiger partial charge < -0.3 is 9.53 Å². The van der Waals surface area contributed by atoms with E-state index in [4.69, 9.17) is 4.74 Å². The highest BCUT2D eigenvalue weighted by Gasteiger charge is 2.14. The number of carbonyl (C=O) groups excluding carboxylic acids is 1. The highest BCUT2D eigenvalue weighted by atomic mass is 32.2. The summed E-state index contributed by atoms with van der Waals surface area (Å²) in [5, 5.41) is 0. The molecule has 1 heterocycles. The fourth-order valence-electron chi connectivity index (χ4n) is 1.50. The Morgan fingerprint density at radius 1 is 1.64 bits per heavy atom. The number of hydrogen-bond acceptors (Lipinski definition) is 3. The van der Waals surface area contributed by atoms with Gasteiger partial charge in [-0.3, -0.25) is 0 Å². The molecule has 0 amide bonds. The molecule has 1 atom stereocenters. The maximum Gasteiger partial charge on any atom is 0.138 e. The molecule has 0 saturated carbocycles. The molecule has 0 radical (unpaired) electrons. The van der Waals surface area contributed by atoms with Crippen molar-refractivity contribution in [2.24, 2.45) is 0 Å². The van der Waals surface area contributed by atoms with Crippen LogP contribution in [-0.2, 0) is 4.79 Å². The molecule has 0 aliphatic carbocycles. The zero-order valence-electron chi connectivity index (χ0n) is 8.03. The summed E-state index contributed by atoms with van der Waals surface area (Å²) in [6, 6.07) is 6.20. The van der Waals surface area contributed by atoms with Crippen molar-refractivity contribution >= 4 is 18.0 Å². The number of ether oxygens (including phenoxy) is 1. The van der Waals surface area contributed by atoms with Gasteiger partial charge in [0.15, 0.2) is 0 Å². The van der Waals surface area contributed by atoms with Crippen LogP contribution in [0.1, 0.15) is 24.8 Å². The van der Waals surface area contributed by atoms with E-state index in [9.17, 15) is 4.79 Å². The Morgan fingerprint density at radius 3 is 3.29 bits per heavy atom. The summed E-state index contributed by atoms with van der Waals surface area (Å²) in [6.45, 7) is 2.05. The predicted molar refractivity (Wildman–Crippen MR) is 56.9 cm³/mol. The molecular formula is C11H12O2S. The van der Waals surface area contributed by atoms with Crippen molar-refractivity contribution < 1.29 is 9.53 Å². The summed E-state index contributed by atoms with van der Waals surface area (Å²) in [7, 11) is 0. The van der Waals surface area contributed by atoms with E-state index in [1.54, 1.807) is 11.8 Å². The maximum atomic E-state index is 10.4. The lowest BCUT2D eigenvalue weighted by atomic mass is 9.98. The lowest BCUT2D eigenvalue weighted by molar-refractivity contribution is -0.108. The number of benzene rings is 1. The minimum atomic E-state index is 0.284. The number of hydrogen-bond donors (Lipinski definition) is 0. The van der Waals surface area contributed by atoms with Gasteiger partial charge >= 0.3 is 0 Å².